The molecule has 8 heteroatoms. The van der Waals surface area contributed by atoms with Crippen molar-refractivity contribution in [2.45, 2.75) is 0 Å². The molecule has 0 aliphatic rings. The summed E-state index contributed by atoms with van der Waals surface area (Å²) in [6, 6.07) is 0. The Labute approximate surface area is 120 Å². The molecule has 0 bridgehead atoms. The van der Waals surface area contributed by atoms with Crippen molar-refractivity contribution in [3.05, 3.63) is 0 Å². The van der Waals surface area contributed by atoms with Gasteiger partial charge in [-0.3, -0.25) is 0 Å². The molecule has 8 heavy (non-hydrogen) atoms. The van der Waals surface area contributed by atoms with Gasteiger partial charge in [-0.25, -0.2) is 0 Å². The standard InChI is InChI=1S/BH3O3.2Li.Na.Y.3H/c2-1(3)4;;;;;;;/h2-4H;;;;;;;. The van der Waals surface area contributed by atoms with Crippen molar-refractivity contribution in [3.63, 3.8) is 0 Å². The van der Waals surface area contributed by atoms with Crippen LogP contribution in [0, 0.1) is 0 Å². The van der Waals surface area contributed by atoms with Gasteiger partial charge in [0.25, 0.3) is 0 Å². The molecule has 33 valence electrons. The molecule has 3 nitrogen and oxygen atoms in total. The van der Waals surface area contributed by atoms with E-state index in [1.54, 1.807) is 0 Å². The minimum Gasteiger partial charge on any atom is 0 e. The maximum absolute atomic E-state index is 7.17. The molecule has 0 fully saturated rings. The fraction of sp³-hybridized carbons (Fsp3) is 0. The zero-order chi connectivity index (χ0) is 3.58. The summed E-state index contributed by atoms with van der Waals surface area (Å²) in [7, 11) is -2.17. The molecule has 0 heterocycles. The molecule has 0 atom stereocenters. The zero-order valence-electron chi connectivity index (χ0n) is 2.50. The van der Waals surface area contributed by atoms with E-state index in [9.17, 15) is 0 Å². The van der Waals surface area contributed by atoms with Gasteiger partial charge in [0.15, 0.2) is 0 Å². The summed E-state index contributed by atoms with van der Waals surface area (Å²) in [6.07, 6.45) is 0. The quantitative estimate of drug-likeness (QED) is 0.342. The van der Waals surface area contributed by atoms with Crippen LogP contribution in [0.5, 0.6) is 0 Å². The van der Waals surface area contributed by atoms with Crippen LogP contribution < -0.4 is 0 Å². The van der Waals surface area contributed by atoms with Crippen molar-refractivity contribution in [2.24, 2.45) is 0 Å². The van der Waals surface area contributed by atoms with Gasteiger partial charge in [-0.1, -0.05) is 0 Å². The topological polar surface area (TPSA) is 60.7 Å². The predicted octanol–water partition coefficient (Wildman–Crippen LogP) is -4.00. The van der Waals surface area contributed by atoms with Crippen molar-refractivity contribution in [1.29, 1.82) is 0 Å². The summed E-state index contributed by atoms with van der Waals surface area (Å²) in [6.45, 7) is 0. The van der Waals surface area contributed by atoms with E-state index >= 15 is 0 Å². The fourth-order valence-corrected chi connectivity index (χ4v) is 0. The fourth-order valence-electron chi connectivity index (χ4n) is 0. The zero-order valence-corrected chi connectivity index (χ0v) is 5.33. The number of hydrogen-bond donors (Lipinski definition) is 3. The smallest absolute Gasteiger partial charge is 0 e. The van der Waals surface area contributed by atoms with Crippen molar-refractivity contribution in [1.82, 2.24) is 0 Å². The molecule has 0 aromatic carbocycles. The van der Waals surface area contributed by atoms with E-state index in [4.69, 9.17) is 15.1 Å². The van der Waals surface area contributed by atoms with Gasteiger partial charge in [0.05, 0.1) is 0 Å². The predicted molar refractivity (Wildman–Crippen MR) is 33.9 cm³/mol. The van der Waals surface area contributed by atoms with Crippen molar-refractivity contribution in [2.75, 3.05) is 0 Å². The van der Waals surface area contributed by atoms with Crippen LogP contribution in [0.3, 0.4) is 0 Å². The van der Waals surface area contributed by atoms with Gasteiger partial charge in [-0.05, 0) is 0 Å². The van der Waals surface area contributed by atoms with E-state index in [1.165, 1.54) is 0 Å². The molecule has 1 radical (unpaired) electrons. The first-order valence-electron chi connectivity index (χ1n) is 0.775. The van der Waals surface area contributed by atoms with E-state index < -0.39 is 7.32 Å². The maximum atomic E-state index is 7.17. The van der Waals surface area contributed by atoms with Crippen LogP contribution in [0.1, 0.15) is 0 Å². The summed E-state index contributed by atoms with van der Waals surface area (Å²) in [4.78, 5) is 0. The van der Waals surface area contributed by atoms with Gasteiger partial charge in [0.1, 0.15) is 0 Å². The van der Waals surface area contributed by atoms with Crippen molar-refractivity contribution >= 4 is 74.6 Å². The van der Waals surface area contributed by atoms with Gasteiger partial charge >= 0.3 is 74.6 Å². The summed E-state index contributed by atoms with van der Waals surface area (Å²) < 4.78 is 0. The summed E-state index contributed by atoms with van der Waals surface area (Å²) in [5.41, 5.74) is 0. The Morgan fingerprint density at radius 1 is 0.875 bits per heavy atom. The molecular formula is H6BLi2NaO3Y. The van der Waals surface area contributed by atoms with Crippen molar-refractivity contribution in [3.8, 4) is 0 Å². The van der Waals surface area contributed by atoms with E-state index in [2.05, 4.69) is 0 Å². The largest absolute Gasteiger partial charge is 0 e. The Kier molecular flexibility index (Phi) is 84.9. The van der Waals surface area contributed by atoms with Crippen molar-refractivity contribution < 1.29 is 47.8 Å². The molecule has 0 saturated heterocycles. The monoisotopic (exact) mass is 191 g/mol. The minimum atomic E-state index is -2.17. The Balaban J connectivity index is -0.00000000750. The van der Waals surface area contributed by atoms with Gasteiger partial charge in [-0.2, -0.15) is 0 Å². The first kappa shape index (κ1) is 30.3. The molecule has 0 aliphatic carbocycles. The van der Waals surface area contributed by atoms with Crippen LogP contribution in [0.25, 0.3) is 0 Å². The second-order valence-electron chi connectivity index (χ2n) is 0.346. The molecule has 3 N–H and O–H groups in total. The molecular weight excluding hydrogens is 185 g/mol. The van der Waals surface area contributed by atoms with E-state index in [0.717, 1.165) is 0 Å². The van der Waals surface area contributed by atoms with E-state index in [0.29, 0.717) is 0 Å². The third-order valence-electron chi connectivity index (χ3n) is 0. The second-order valence-corrected chi connectivity index (χ2v) is 0.346. The molecule has 0 aromatic heterocycles. The Morgan fingerprint density at radius 2 is 0.875 bits per heavy atom. The summed E-state index contributed by atoms with van der Waals surface area (Å²) in [5.74, 6) is 0. The number of rotatable bonds is 0. The van der Waals surface area contributed by atoms with E-state index in [1.807, 2.05) is 0 Å². The molecule has 0 rings (SSSR count). The van der Waals surface area contributed by atoms with Gasteiger partial charge in [0, 0.05) is 32.7 Å². The van der Waals surface area contributed by atoms with Gasteiger partial charge in [-0.15, -0.1) is 0 Å². The first-order valence-corrected chi connectivity index (χ1v) is 0.775. The third-order valence-corrected chi connectivity index (χ3v) is 0. The Morgan fingerprint density at radius 3 is 0.875 bits per heavy atom. The summed E-state index contributed by atoms with van der Waals surface area (Å²) >= 11 is 0. The molecule has 0 saturated carbocycles. The van der Waals surface area contributed by atoms with Gasteiger partial charge in [0.2, 0.25) is 0 Å². The Hall–Kier alpha value is 3.24. The van der Waals surface area contributed by atoms with Crippen LogP contribution in [0.15, 0.2) is 0 Å². The maximum Gasteiger partial charge on any atom is 0 e. The number of hydrogen-bond acceptors (Lipinski definition) is 3. The average Bonchev–Trinajstić information content (AvgIpc) is 0.811. The molecule has 0 aromatic rings. The molecule has 0 aliphatic heterocycles. The average molecular weight is 191 g/mol. The molecule has 0 spiro atoms. The second kappa shape index (κ2) is 22.5. The first-order chi connectivity index (χ1) is 1.73. The van der Waals surface area contributed by atoms with Crippen LogP contribution in [0.2, 0.25) is 0 Å². The van der Waals surface area contributed by atoms with Crippen LogP contribution in [0.4, 0.5) is 0 Å². The SMILES string of the molecule is OB(O)O.[LiH].[LiH].[NaH].[Y]. The molecule has 0 unspecified atom stereocenters. The van der Waals surface area contributed by atoms with Crippen LogP contribution >= 0.6 is 0 Å². The third kappa shape index (κ3) is 59.7. The van der Waals surface area contributed by atoms with Gasteiger partial charge < -0.3 is 15.1 Å². The van der Waals surface area contributed by atoms with Crippen LogP contribution in [-0.2, 0) is 32.7 Å². The van der Waals surface area contributed by atoms with Crippen LogP contribution in [-0.4, -0.2) is 89.7 Å². The minimum absolute atomic E-state index is 0. The molecule has 0 amide bonds. The Bertz CT molecular complexity index is 22.0. The normalized spacial score (nSPS) is 3.38. The summed E-state index contributed by atoms with van der Waals surface area (Å²) in [5, 5.41) is 21.5. The van der Waals surface area contributed by atoms with E-state index in [-0.39, 0.29) is 100.0 Å².